The lowest BCUT2D eigenvalue weighted by Gasteiger charge is -2.09. The van der Waals surface area contributed by atoms with Crippen LogP contribution in [0.3, 0.4) is 0 Å². The highest BCUT2D eigenvalue weighted by Crippen LogP contribution is 2.28. The lowest BCUT2D eigenvalue weighted by atomic mass is 10.1. The van der Waals surface area contributed by atoms with Gasteiger partial charge < -0.3 is 0 Å². The van der Waals surface area contributed by atoms with E-state index in [2.05, 4.69) is 24.8 Å². The number of hydrogen-bond donors (Lipinski definition) is 0. The van der Waals surface area contributed by atoms with Gasteiger partial charge in [-0.3, -0.25) is 0 Å². The van der Waals surface area contributed by atoms with E-state index in [1.54, 1.807) is 0 Å². The van der Waals surface area contributed by atoms with Gasteiger partial charge in [0.05, 0.1) is 11.2 Å². The summed E-state index contributed by atoms with van der Waals surface area (Å²) in [6.07, 6.45) is 1.83. The Hall–Kier alpha value is -3.26. The molecule has 3 aromatic carbocycles. The second-order valence-corrected chi connectivity index (χ2v) is 5.61. The van der Waals surface area contributed by atoms with E-state index < -0.39 is 0 Å². The lowest BCUT2D eigenvalue weighted by Crippen LogP contribution is -1.95. The summed E-state index contributed by atoms with van der Waals surface area (Å²) < 4.78 is 0. The maximum Gasteiger partial charge on any atom is 0.160 e. The number of fused-ring (bicyclic) bond motifs is 1. The first-order valence-corrected chi connectivity index (χ1v) is 7.90. The zero-order valence-corrected chi connectivity index (χ0v) is 13.2. The SMILES string of the molecule is C=Cc1ccc(-c2nc(-c3ccccc3)c3ccccc3n2)cc1. The van der Waals surface area contributed by atoms with Gasteiger partial charge in [0.25, 0.3) is 0 Å². The molecule has 24 heavy (non-hydrogen) atoms. The van der Waals surface area contributed by atoms with Crippen molar-refractivity contribution < 1.29 is 0 Å². The number of aromatic nitrogens is 2. The molecular formula is C22H16N2. The monoisotopic (exact) mass is 308 g/mol. The Morgan fingerprint density at radius 2 is 1.38 bits per heavy atom. The first-order chi connectivity index (χ1) is 11.8. The van der Waals surface area contributed by atoms with Crippen molar-refractivity contribution in [3.63, 3.8) is 0 Å². The van der Waals surface area contributed by atoms with E-state index >= 15 is 0 Å². The van der Waals surface area contributed by atoms with Gasteiger partial charge in [-0.25, -0.2) is 9.97 Å². The maximum atomic E-state index is 4.86. The van der Waals surface area contributed by atoms with E-state index in [-0.39, 0.29) is 0 Å². The van der Waals surface area contributed by atoms with Crippen LogP contribution in [0.25, 0.3) is 39.6 Å². The molecule has 1 heterocycles. The van der Waals surface area contributed by atoms with Gasteiger partial charge in [-0.05, 0) is 11.6 Å². The van der Waals surface area contributed by atoms with E-state index in [9.17, 15) is 0 Å². The smallest absolute Gasteiger partial charge is 0.160 e. The standard InChI is InChI=1S/C22H16N2/c1-2-16-12-14-18(15-13-16)22-23-20-11-7-6-10-19(20)21(24-22)17-8-4-3-5-9-17/h2-15H,1H2. The largest absolute Gasteiger partial charge is 0.228 e. The molecule has 0 unspecified atom stereocenters. The Labute approximate surface area is 141 Å². The topological polar surface area (TPSA) is 25.8 Å². The fourth-order valence-corrected chi connectivity index (χ4v) is 2.79. The first-order valence-electron chi connectivity index (χ1n) is 7.90. The van der Waals surface area contributed by atoms with Gasteiger partial charge >= 0.3 is 0 Å². The van der Waals surface area contributed by atoms with Crippen molar-refractivity contribution in [2.24, 2.45) is 0 Å². The molecule has 0 aliphatic heterocycles. The first kappa shape index (κ1) is 14.3. The summed E-state index contributed by atoms with van der Waals surface area (Å²) in [6.45, 7) is 3.80. The van der Waals surface area contributed by atoms with Crippen LogP contribution in [0, 0.1) is 0 Å². The summed E-state index contributed by atoms with van der Waals surface area (Å²) in [5.41, 5.74) is 5.10. The minimum Gasteiger partial charge on any atom is -0.228 e. The van der Waals surface area contributed by atoms with Crippen molar-refractivity contribution in [3.8, 4) is 22.6 Å². The molecule has 4 aromatic rings. The summed E-state index contributed by atoms with van der Waals surface area (Å²) in [7, 11) is 0. The minimum atomic E-state index is 0.739. The van der Waals surface area contributed by atoms with Crippen LogP contribution >= 0.6 is 0 Å². The molecular weight excluding hydrogens is 292 g/mol. The average Bonchev–Trinajstić information content (AvgIpc) is 2.68. The summed E-state index contributed by atoms with van der Waals surface area (Å²) in [6, 6.07) is 26.5. The molecule has 114 valence electrons. The van der Waals surface area contributed by atoms with Gasteiger partial charge in [-0.15, -0.1) is 0 Å². The molecule has 0 spiro atoms. The Kier molecular flexibility index (Phi) is 3.64. The highest BCUT2D eigenvalue weighted by Gasteiger charge is 2.10. The summed E-state index contributed by atoms with van der Waals surface area (Å²) >= 11 is 0. The quantitative estimate of drug-likeness (QED) is 0.492. The molecule has 0 amide bonds. The second kappa shape index (κ2) is 6.09. The molecule has 4 rings (SSSR count). The number of rotatable bonds is 3. The Morgan fingerprint density at radius 1 is 0.667 bits per heavy atom. The predicted octanol–water partition coefficient (Wildman–Crippen LogP) is 5.61. The number of hydrogen-bond acceptors (Lipinski definition) is 2. The Bertz CT molecular complexity index is 1000. The van der Waals surface area contributed by atoms with Gasteiger partial charge in [0, 0.05) is 16.5 Å². The van der Waals surface area contributed by atoms with Gasteiger partial charge in [-0.1, -0.05) is 85.5 Å². The van der Waals surface area contributed by atoms with Crippen LogP contribution < -0.4 is 0 Å². The normalized spacial score (nSPS) is 10.7. The average molecular weight is 308 g/mol. The molecule has 2 nitrogen and oxygen atoms in total. The van der Waals surface area contributed by atoms with Crippen LogP contribution in [-0.2, 0) is 0 Å². The molecule has 2 heteroatoms. The fraction of sp³-hybridized carbons (Fsp3) is 0. The highest BCUT2D eigenvalue weighted by molar-refractivity contribution is 5.93. The third-order valence-corrected chi connectivity index (χ3v) is 4.06. The molecule has 0 radical (unpaired) electrons. The third kappa shape index (κ3) is 2.59. The van der Waals surface area contributed by atoms with Crippen LogP contribution in [0.4, 0.5) is 0 Å². The Morgan fingerprint density at radius 3 is 2.12 bits per heavy atom. The predicted molar refractivity (Wildman–Crippen MR) is 101 cm³/mol. The van der Waals surface area contributed by atoms with E-state index in [1.165, 1.54) is 0 Å². The minimum absolute atomic E-state index is 0.739. The van der Waals surface area contributed by atoms with Crippen LogP contribution in [-0.4, -0.2) is 9.97 Å². The summed E-state index contributed by atoms with van der Waals surface area (Å²) in [5.74, 6) is 0.739. The van der Waals surface area contributed by atoms with Crippen LogP contribution in [0.15, 0.2) is 85.4 Å². The molecule has 1 aromatic heterocycles. The van der Waals surface area contributed by atoms with E-state index in [4.69, 9.17) is 9.97 Å². The molecule has 0 fully saturated rings. The number of benzene rings is 3. The third-order valence-electron chi connectivity index (χ3n) is 4.06. The summed E-state index contributed by atoms with van der Waals surface area (Å²) in [4.78, 5) is 9.61. The summed E-state index contributed by atoms with van der Waals surface area (Å²) in [5, 5.41) is 1.06. The van der Waals surface area contributed by atoms with Gasteiger partial charge in [0.15, 0.2) is 5.82 Å². The number of para-hydroxylation sites is 1. The molecule has 0 N–H and O–H groups in total. The zero-order valence-electron chi connectivity index (χ0n) is 13.2. The second-order valence-electron chi connectivity index (χ2n) is 5.61. The van der Waals surface area contributed by atoms with Crippen molar-refractivity contribution in [3.05, 3.63) is 91.0 Å². The van der Waals surface area contributed by atoms with Crippen LogP contribution in [0.1, 0.15) is 5.56 Å². The molecule has 0 aliphatic carbocycles. The van der Waals surface area contributed by atoms with Crippen molar-refractivity contribution >= 4 is 17.0 Å². The lowest BCUT2D eigenvalue weighted by molar-refractivity contribution is 1.23. The van der Waals surface area contributed by atoms with E-state index in [1.807, 2.05) is 66.7 Å². The molecule has 0 saturated carbocycles. The van der Waals surface area contributed by atoms with Gasteiger partial charge in [-0.2, -0.15) is 0 Å². The fourth-order valence-electron chi connectivity index (χ4n) is 2.79. The highest BCUT2D eigenvalue weighted by atomic mass is 14.9. The molecule has 0 aliphatic rings. The maximum absolute atomic E-state index is 4.86. The van der Waals surface area contributed by atoms with Gasteiger partial charge in [0.1, 0.15) is 0 Å². The zero-order chi connectivity index (χ0) is 16.4. The van der Waals surface area contributed by atoms with Crippen molar-refractivity contribution in [1.29, 1.82) is 0 Å². The number of nitrogens with zero attached hydrogens (tertiary/aromatic N) is 2. The van der Waals surface area contributed by atoms with Crippen molar-refractivity contribution in [2.45, 2.75) is 0 Å². The molecule has 0 atom stereocenters. The van der Waals surface area contributed by atoms with E-state index in [0.717, 1.165) is 39.1 Å². The van der Waals surface area contributed by atoms with Crippen LogP contribution in [0.5, 0.6) is 0 Å². The van der Waals surface area contributed by atoms with Gasteiger partial charge in [0.2, 0.25) is 0 Å². The van der Waals surface area contributed by atoms with E-state index in [0.29, 0.717) is 0 Å². The van der Waals surface area contributed by atoms with Crippen molar-refractivity contribution in [1.82, 2.24) is 9.97 Å². The van der Waals surface area contributed by atoms with Crippen molar-refractivity contribution in [2.75, 3.05) is 0 Å². The molecule has 0 bridgehead atoms. The molecule has 0 saturated heterocycles. The van der Waals surface area contributed by atoms with Crippen LogP contribution in [0.2, 0.25) is 0 Å². The Balaban J connectivity index is 1.95.